The average Bonchev–Trinajstić information content (AvgIpc) is 3.33. The highest BCUT2D eigenvalue weighted by molar-refractivity contribution is 5.89. The Kier molecular flexibility index (Phi) is 4.86. The van der Waals surface area contributed by atoms with Crippen LogP contribution >= 0.6 is 0 Å². The van der Waals surface area contributed by atoms with E-state index < -0.39 is 0 Å². The summed E-state index contributed by atoms with van der Waals surface area (Å²) in [6.07, 6.45) is 1.73. The van der Waals surface area contributed by atoms with E-state index in [2.05, 4.69) is 22.4 Å². The minimum Gasteiger partial charge on any atom is -0.337 e. The number of hydrogen-bond acceptors (Lipinski definition) is 4. The summed E-state index contributed by atoms with van der Waals surface area (Å²) < 4.78 is 5.53. The first-order chi connectivity index (χ1) is 13.5. The van der Waals surface area contributed by atoms with Gasteiger partial charge in [-0.3, -0.25) is 0 Å². The van der Waals surface area contributed by atoms with Crippen molar-refractivity contribution in [3.63, 3.8) is 0 Å². The van der Waals surface area contributed by atoms with Crippen molar-refractivity contribution in [1.29, 1.82) is 0 Å². The molecule has 1 fully saturated rings. The van der Waals surface area contributed by atoms with E-state index in [0.29, 0.717) is 18.3 Å². The number of nitrogens with zero attached hydrogens (tertiary/aromatic N) is 3. The molecule has 28 heavy (non-hydrogen) atoms. The normalized spacial score (nSPS) is 16.4. The molecule has 6 heteroatoms. The van der Waals surface area contributed by atoms with Crippen LogP contribution in [-0.2, 0) is 0 Å². The largest absolute Gasteiger partial charge is 0.337 e. The van der Waals surface area contributed by atoms with Gasteiger partial charge < -0.3 is 14.7 Å². The minimum atomic E-state index is -0.197. The molecule has 2 heterocycles. The number of likely N-dealkylation sites (tertiary alicyclic amines) is 1. The number of anilines is 1. The molecule has 1 atom stereocenters. The van der Waals surface area contributed by atoms with Gasteiger partial charge in [-0.2, -0.15) is 4.98 Å². The summed E-state index contributed by atoms with van der Waals surface area (Å²) in [7, 11) is 0. The number of rotatable bonds is 3. The summed E-state index contributed by atoms with van der Waals surface area (Å²) in [5.41, 5.74) is 5.20. The molecule has 1 aromatic heterocycles. The summed E-state index contributed by atoms with van der Waals surface area (Å²) in [5, 5.41) is 7.12. The first kappa shape index (κ1) is 18.2. The van der Waals surface area contributed by atoms with Gasteiger partial charge in [0.2, 0.25) is 11.7 Å². The van der Waals surface area contributed by atoms with Crippen molar-refractivity contribution in [3.8, 4) is 11.4 Å². The molecular weight excluding hydrogens is 352 g/mol. The molecule has 1 aliphatic rings. The van der Waals surface area contributed by atoms with Gasteiger partial charge >= 0.3 is 6.03 Å². The van der Waals surface area contributed by atoms with Crippen molar-refractivity contribution in [2.75, 3.05) is 11.9 Å². The van der Waals surface area contributed by atoms with Crippen molar-refractivity contribution in [2.45, 2.75) is 39.7 Å². The molecule has 0 bridgehead atoms. The second-order valence-corrected chi connectivity index (χ2v) is 7.41. The first-order valence-corrected chi connectivity index (χ1v) is 9.57. The molecule has 3 aromatic rings. The van der Waals surface area contributed by atoms with Gasteiger partial charge in [-0.15, -0.1) is 0 Å². The molecule has 1 saturated heterocycles. The highest BCUT2D eigenvalue weighted by Gasteiger charge is 2.34. The van der Waals surface area contributed by atoms with Crippen LogP contribution in [0.5, 0.6) is 0 Å². The molecular formula is C22H24N4O2. The average molecular weight is 376 g/mol. The van der Waals surface area contributed by atoms with Crippen LogP contribution in [-0.4, -0.2) is 27.6 Å². The molecule has 0 unspecified atom stereocenters. The van der Waals surface area contributed by atoms with Gasteiger partial charge in [0.25, 0.3) is 0 Å². The van der Waals surface area contributed by atoms with Crippen LogP contribution < -0.4 is 5.32 Å². The number of amides is 2. The Bertz CT molecular complexity index is 1010. The van der Waals surface area contributed by atoms with Gasteiger partial charge in [-0.25, -0.2) is 4.79 Å². The van der Waals surface area contributed by atoms with Gasteiger partial charge in [0.15, 0.2) is 0 Å². The molecule has 0 aliphatic carbocycles. The fraction of sp³-hybridized carbons (Fsp3) is 0.318. The third-order valence-electron chi connectivity index (χ3n) is 5.27. The van der Waals surface area contributed by atoms with Crippen molar-refractivity contribution in [1.82, 2.24) is 15.0 Å². The molecule has 6 nitrogen and oxygen atoms in total. The van der Waals surface area contributed by atoms with Crippen LogP contribution in [0.3, 0.4) is 0 Å². The number of aryl methyl sites for hydroxylation is 3. The maximum atomic E-state index is 12.8. The van der Waals surface area contributed by atoms with E-state index in [-0.39, 0.29) is 12.1 Å². The SMILES string of the molecule is Cc1cccc(-c2noc([C@@H]3CCCN3C(=O)Nc3ccc(C)c(C)c3)n2)c1. The van der Waals surface area contributed by atoms with Crippen LogP contribution in [0, 0.1) is 20.8 Å². The quantitative estimate of drug-likeness (QED) is 0.696. The van der Waals surface area contributed by atoms with Crippen LogP contribution in [0.4, 0.5) is 10.5 Å². The summed E-state index contributed by atoms with van der Waals surface area (Å²) in [6, 6.07) is 13.6. The van der Waals surface area contributed by atoms with Crippen molar-refractivity contribution < 1.29 is 9.32 Å². The van der Waals surface area contributed by atoms with Crippen molar-refractivity contribution in [2.24, 2.45) is 0 Å². The number of nitrogens with one attached hydrogen (secondary N) is 1. The topological polar surface area (TPSA) is 71.3 Å². The fourth-order valence-corrected chi connectivity index (χ4v) is 3.55. The number of carbonyl (C=O) groups excluding carboxylic acids is 1. The summed E-state index contributed by atoms with van der Waals surface area (Å²) in [4.78, 5) is 19.2. The maximum Gasteiger partial charge on any atom is 0.322 e. The predicted molar refractivity (Wildman–Crippen MR) is 108 cm³/mol. The number of carbonyl (C=O) groups is 1. The minimum absolute atomic E-state index is 0.138. The van der Waals surface area contributed by atoms with Crippen LogP contribution in [0.1, 0.15) is 41.5 Å². The van der Waals surface area contributed by atoms with E-state index in [9.17, 15) is 4.79 Å². The third-order valence-corrected chi connectivity index (χ3v) is 5.27. The fourth-order valence-electron chi connectivity index (χ4n) is 3.55. The molecule has 1 aliphatic heterocycles. The lowest BCUT2D eigenvalue weighted by Gasteiger charge is -2.22. The monoisotopic (exact) mass is 376 g/mol. The first-order valence-electron chi connectivity index (χ1n) is 9.57. The van der Waals surface area contributed by atoms with E-state index in [4.69, 9.17) is 4.52 Å². The summed E-state index contributed by atoms with van der Waals surface area (Å²) >= 11 is 0. The Hall–Kier alpha value is -3.15. The van der Waals surface area contributed by atoms with Crippen molar-refractivity contribution >= 4 is 11.7 Å². The predicted octanol–water partition coefficient (Wildman–Crippen LogP) is 5.03. The lowest BCUT2D eigenvalue weighted by molar-refractivity contribution is 0.193. The Morgan fingerprint density at radius 2 is 2.00 bits per heavy atom. The van der Waals surface area contributed by atoms with Gasteiger partial charge in [-0.1, -0.05) is 35.0 Å². The van der Waals surface area contributed by atoms with Crippen molar-refractivity contribution in [3.05, 3.63) is 65.0 Å². The standard InChI is InChI=1S/C22H24N4O2/c1-14-6-4-7-17(12-14)20-24-21(28-25-20)19-8-5-11-26(19)22(27)23-18-10-9-15(2)16(3)13-18/h4,6-7,9-10,12-13,19H,5,8,11H2,1-3H3,(H,23,27)/t19-/m0/s1. The van der Waals surface area contributed by atoms with E-state index in [1.54, 1.807) is 4.90 Å². The lowest BCUT2D eigenvalue weighted by atomic mass is 10.1. The van der Waals surface area contributed by atoms with Gasteiger partial charge in [0, 0.05) is 17.8 Å². The van der Waals surface area contributed by atoms with E-state index >= 15 is 0 Å². The van der Waals surface area contributed by atoms with Gasteiger partial charge in [0.1, 0.15) is 6.04 Å². The van der Waals surface area contributed by atoms with E-state index in [1.165, 1.54) is 5.56 Å². The molecule has 2 aromatic carbocycles. The second-order valence-electron chi connectivity index (χ2n) is 7.41. The Labute approximate surface area is 164 Å². The third kappa shape index (κ3) is 3.63. The molecule has 1 N–H and O–H groups in total. The smallest absolute Gasteiger partial charge is 0.322 e. The van der Waals surface area contributed by atoms with Crippen LogP contribution in [0.2, 0.25) is 0 Å². The number of benzene rings is 2. The van der Waals surface area contributed by atoms with Crippen LogP contribution in [0.25, 0.3) is 11.4 Å². The summed E-state index contributed by atoms with van der Waals surface area (Å²) in [6.45, 7) is 6.79. The number of aromatic nitrogens is 2. The Morgan fingerprint density at radius 3 is 2.79 bits per heavy atom. The second kappa shape index (κ2) is 7.46. The molecule has 0 saturated carbocycles. The number of hydrogen-bond donors (Lipinski definition) is 1. The zero-order valence-corrected chi connectivity index (χ0v) is 16.4. The Morgan fingerprint density at radius 1 is 1.14 bits per heavy atom. The number of urea groups is 1. The van der Waals surface area contributed by atoms with Gasteiger partial charge in [-0.05, 0) is 62.9 Å². The molecule has 4 rings (SSSR count). The Balaban J connectivity index is 1.52. The highest BCUT2D eigenvalue weighted by Crippen LogP contribution is 2.32. The molecule has 0 spiro atoms. The molecule has 144 valence electrons. The molecule has 0 radical (unpaired) electrons. The lowest BCUT2D eigenvalue weighted by Crippen LogP contribution is -2.34. The van der Waals surface area contributed by atoms with Gasteiger partial charge in [0.05, 0.1) is 0 Å². The zero-order chi connectivity index (χ0) is 19.7. The highest BCUT2D eigenvalue weighted by atomic mass is 16.5. The zero-order valence-electron chi connectivity index (χ0n) is 16.4. The van der Waals surface area contributed by atoms with Crippen LogP contribution in [0.15, 0.2) is 47.0 Å². The van der Waals surface area contributed by atoms with E-state index in [0.717, 1.165) is 35.2 Å². The summed E-state index contributed by atoms with van der Waals surface area (Å²) in [5.74, 6) is 1.05. The molecule has 2 amide bonds. The van der Waals surface area contributed by atoms with E-state index in [1.807, 2.05) is 56.3 Å². The maximum absolute atomic E-state index is 12.8.